The predicted octanol–water partition coefficient (Wildman–Crippen LogP) is 2.31. The van der Waals surface area contributed by atoms with Crippen molar-refractivity contribution in [3.8, 4) is 0 Å². The van der Waals surface area contributed by atoms with Gasteiger partial charge in [0.05, 0.1) is 6.04 Å². The molecule has 130 valence electrons. The first kappa shape index (κ1) is 18.2. The molecule has 2 rings (SSSR count). The van der Waals surface area contributed by atoms with Crippen LogP contribution >= 0.6 is 11.3 Å². The smallest absolute Gasteiger partial charge is 0.315 e. The molecule has 24 heavy (non-hydrogen) atoms. The van der Waals surface area contributed by atoms with Crippen molar-refractivity contribution in [3.63, 3.8) is 0 Å². The SMILES string of the molecule is CN(C)c1cc(CNC(=O)NC[C@H](c2ccsc2)N(C)C)ccn1. The minimum atomic E-state index is -0.166. The number of thiophene rings is 1. The lowest BCUT2D eigenvalue weighted by molar-refractivity contribution is 0.232. The van der Waals surface area contributed by atoms with E-state index < -0.39 is 0 Å². The minimum Gasteiger partial charge on any atom is -0.363 e. The Morgan fingerprint density at radius 3 is 2.67 bits per heavy atom. The van der Waals surface area contributed by atoms with Crippen LogP contribution < -0.4 is 15.5 Å². The van der Waals surface area contributed by atoms with Crippen molar-refractivity contribution in [1.29, 1.82) is 0 Å². The van der Waals surface area contributed by atoms with E-state index in [0.717, 1.165) is 11.4 Å². The van der Waals surface area contributed by atoms with Gasteiger partial charge >= 0.3 is 6.03 Å². The van der Waals surface area contributed by atoms with E-state index in [1.807, 2.05) is 45.2 Å². The van der Waals surface area contributed by atoms with Gasteiger partial charge in [-0.15, -0.1) is 0 Å². The number of hydrogen-bond donors (Lipinski definition) is 2. The van der Waals surface area contributed by atoms with Gasteiger partial charge in [0, 0.05) is 33.4 Å². The molecule has 2 aromatic heterocycles. The number of likely N-dealkylation sites (N-methyl/N-ethyl adjacent to an activating group) is 1. The van der Waals surface area contributed by atoms with E-state index in [1.165, 1.54) is 5.56 Å². The van der Waals surface area contributed by atoms with E-state index in [-0.39, 0.29) is 12.1 Å². The summed E-state index contributed by atoms with van der Waals surface area (Å²) in [5.41, 5.74) is 2.24. The zero-order chi connectivity index (χ0) is 17.5. The molecule has 0 radical (unpaired) electrons. The Labute approximate surface area is 147 Å². The molecule has 0 bridgehead atoms. The van der Waals surface area contributed by atoms with Gasteiger partial charge in [0.2, 0.25) is 0 Å². The van der Waals surface area contributed by atoms with Gasteiger partial charge in [-0.05, 0) is 54.2 Å². The third kappa shape index (κ3) is 5.21. The molecule has 0 aliphatic rings. The summed E-state index contributed by atoms with van der Waals surface area (Å²) >= 11 is 1.67. The van der Waals surface area contributed by atoms with Gasteiger partial charge in [-0.3, -0.25) is 0 Å². The lowest BCUT2D eigenvalue weighted by Gasteiger charge is -2.24. The number of nitrogens with zero attached hydrogens (tertiary/aromatic N) is 3. The monoisotopic (exact) mass is 347 g/mol. The number of carbonyl (C=O) groups excluding carboxylic acids is 1. The number of urea groups is 1. The van der Waals surface area contributed by atoms with Gasteiger partial charge in [0.25, 0.3) is 0 Å². The summed E-state index contributed by atoms with van der Waals surface area (Å²) in [4.78, 5) is 20.4. The fraction of sp³-hybridized carbons (Fsp3) is 0.412. The summed E-state index contributed by atoms with van der Waals surface area (Å²) in [6, 6.07) is 5.97. The van der Waals surface area contributed by atoms with Crippen LogP contribution in [0.1, 0.15) is 17.2 Å². The third-order valence-electron chi connectivity index (χ3n) is 3.73. The van der Waals surface area contributed by atoms with Crippen LogP contribution in [0.25, 0.3) is 0 Å². The second kappa shape index (κ2) is 8.65. The van der Waals surface area contributed by atoms with Crippen LogP contribution in [-0.2, 0) is 6.54 Å². The molecule has 6 nitrogen and oxygen atoms in total. The number of amides is 2. The zero-order valence-corrected chi connectivity index (χ0v) is 15.4. The summed E-state index contributed by atoms with van der Waals surface area (Å²) in [5.74, 6) is 0.875. The van der Waals surface area contributed by atoms with E-state index in [2.05, 4.69) is 37.3 Å². The standard InChI is InChI=1S/C17H25N5OS/c1-21(2)15(14-6-8-24-12-14)11-20-17(23)19-10-13-5-7-18-16(9-13)22(3)4/h5-9,12,15H,10-11H2,1-4H3,(H2,19,20,23)/t15-/m1/s1. The highest BCUT2D eigenvalue weighted by Gasteiger charge is 2.15. The Balaban J connectivity index is 1.84. The molecule has 2 N–H and O–H groups in total. The number of hydrogen-bond acceptors (Lipinski definition) is 5. The van der Waals surface area contributed by atoms with Gasteiger partial charge in [0.15, 0.2) is 0 Å². The molecule has 2 aromatic rings. The summed E-state index contributed by atoms with van der Waals surface area (Å²) in [6.45, 7) is 1.04. The Hall–Kier alpha value is -2.12. The van der Waals surface area contributed by atoms with Crippen molar-refractivity contribution < 1.29 is 4.79 Å². The number of aromatic nitrogens is 1. The highest BCUT2D eigenvalue weighted by atomic mass is 32.1. The fourth-order valence-electron chi connectivity index (χ4n) is 2.31. The predicted molar refractivity (Wildman–Crippen MR) is 99.5 cm³/mol. The second-order valence-electron chi connectivity index (χ2n) is 6.02. The maximum Gasteiger partial charge on any atom is 0.315 e. The molecular formula is C17H25N5OS. The van der Waals surface area contributed by atoms with Crippen LogP contribution in [0.3, 0.4) is 0 Å². The molecule has 7 heteroatoms. The fourth-order valence-corrected chi connectivity index (χ4v) is 3.02. The number of pyridine rings is 1. The molecule has 0 fully saturated rings. The first-order valence-corrected chi connectivity index (χ1v) is 8.74. The Morgan fingerprint density at radius 1 is 1.25 bits per heavy atom. The van der Waals surface area contributed by atoms with E-state index in [4.69, 9.17) is 0 Å². The largest absolute Gasteiger partial charge is 0.363 e. The summed E-state index contributed by atoms with van der Waals surface area (Å²) in [5, 5.41) is 10.0. The lowest BCUT2D eigenvalue weighted by Crippen LogP contribution is -2.40. The van der Waals surface area contributed by atoms with E-state index in [0.29, 0.717) is 13.1 Å². The van der Waals surface area contributed by atoms with Crippen LogP contribution in [-0.4, -0.2) is 50.7 Å². The first-order valence-electron chi connectivity index (χ1n) is 7.80. The molecule has 0 saturated heterocycles. The summed E-state index contributed by atoms with van der Waals surface area (Å²) in [7, 11) is 7.92. The van der Waals surface area contributed by atoms with Gasteiger partial charge in [0.1, 0.15) is 5.82 Å². The molecular weight excluding hydrogens is 322 g/mol. The molecule has 1 atom stereocenters. The van der Waals surface area contributed by atoms with Crippen LogP contribution in [0, 0.1) is 0 Å². The van der Waals surface area contributed by atoms with Crippen molar-refractivity contribution in [2.75, 3.05) is 39.6 Å². The van der Waals surface area contributed by atoms with Crippen molar-refractivity contribution >= 4 is 23.2 Å². The average Bonchev–Trinajstić information content (AvgIpc) is 3.07. The maximum atomic E-state index is 12.1. The van der Waals surface area contributed by atoms with Crippen LogP contribution in [0.15, 0.2) is 35.2 Å². The molecule has 0 aliphatic carbocycles. The van der Waals surface area contributed by atoms with Crippen LogP contribution in [0.4, 0.5) is 10.6 Å². The average molecular weight is 347 g/mol. The molecule has 0 aliphatic heterocycles. The number of anilines is 1. The molecule has 0 aromatic carbocycles. The molecule has 0 unspecified atom stereocenters. The van der Waals surface area contributed by atoms with Gasteiger partial charge in [-0.1, -0.05) is 0 Å². The van der Waals surface area contributed by atoms with Crippen LogP contribution in [0.2, 0.25) is 0 Å². The third-order valence-corrected chi connectivity index (χ3v) is 4.43. The van der Waals surface area contributed by atoms with Crippen molar-refractivity contribution in [2.24, 2.45) is 0 Å². The van der Waals surface area contributed by atoms with Gasteiger partial charge < -0.3 is 20.4 Å². The Kier molecular flexibility index (Phi) is 6.57. The number of carbonyl (C=O) groups is 1. The highest BCUT2D eigenvalue weighted by Crippen LogP contribution is 2.19. The molecule has 0 spiro atoms. The second-order valence-corrected chi connectivity index (χ2v) is 6.80. The summed E-state index contributed by atoms with van der Waals surface area (Å²) in [6.07, 6.45) is 1.75. The highest BCUT2D eigenvalue weighted by molar-refractivity contribution is 7.07. The van der Waals surface area contributed by atoms with Gasteiger partial charge in [-0.2, -0.15) is 11.3 Å². The minimum absolute atomic E-state index is 0.166. The quantitative estimate of drug-likeness (QED) is 0.807. The van der Waals surface area contributed by atoms with Crippen LogP contribution in [0.5, 0.6) is 0 Å². The zero-order valence-electron chi connectivity index (χ0n) is 14.6. The number of rotatable bonds is 7. The van der Waals surface area contributed by atoms with E-state index in [9.17, 15) is 4.79 Å². The Bertz CT molecular complexity index is 642. The van der Waals surface area contributed by atoms with Gasteiger partial charge in [-0.25, -0.2) is 9.78 Å². The molecule has 2 heterocycles. The van der Waals surface area contributed by atoms with E-state index >= 15 is 0 Å². The lowest BCUT2D eigenvalue weighted by atomic mass is 10.1. The Morgan fingerprint density at radius 2 is 2.04 bits per heavy atom. The normalized spacial score (nSPS) is 12.0. The maximum absolute atomic E-state index is 12.1. The van der Waals surface area contributed by atoms with Crippen molar-refractivity contribution in [3.05, 3.63) is 46.3 Å². The van der Waals surface area contributed by atoms with Crippen molar-refractivity contribution in [2.45, 2.75) is 12.6 Å². The number of nitrogens with one attached hydrogen (secondary N) is 2. The first-order chi connectivity index (χ1) is 11.5. The topological polar surface area (TPSA) is 60.5 Å². The molecule has 2 amide bonds. The van der Waals surface area contributed by atoms with Crippen molar-refractivity contribution in [1.82, 2.24) is 20.5 Å². The molecule has 0 saturated carbocycles. The summed E-state index contributed by atoms with van der Waals surface area (Å²) < 4.78 is 0. The van der Waals surface area contributed by atoms with E-state index in [1.54, 1.807) is 17.5 Å².